The van der Waals surface area contributed by atoms with Crippen LogP contribution in [0.4, 0.5) is 5.95 Å². The van der Waals surface area contributed by atoms with E-state index in [1.807, 2.05) is 36.2 Å². The van der Waals surface area contributed by atoms with E-state index in [2.05, 4.69) is 25.9 Å². The normalized spacial score (nSPS) is 10.7. The molecule has 0 saturated carbocycles. The summed E-state index contributed by atoms with van der Waals surface area (Å²) in [5.74, 6) is 1.56. The van der Waals surface area contributed by atoms with E-state index in [0.29, 0.717) is 40.6 Å². The van der Waals surface area contributed by atoms with Gasteiger partial charge in [-0.15, -0.1) is 0 Å². The molecule has 0 unspecified atom stereocenters. The van der Waals surface area contributed by atoms with E-state index in [1.54, 1.807) is 6.07 Å². The van der Waals surface area contributed by atoms with Crippen LogP contribution in [0.25, 0.3) is 10.9 Å². The summed E-state index contributed by atoms with van der Waals surface area (Å²) in [6.45, 7) is 0.582. The molecule has 0 radical (unpaired) electrons. The number of nitrogens with one attached hydrogen (secondary N) is 1. The first-order valence-corrected chi connectivity index (χ1v) is 8.96. The molecular formula is C19H20BrN3O4. The summed E-state index contributed by atoms with van der Waals surface area (Å²) < 4.78 is 17.1. The molecule has 1 heterocycles. The molecule has 0 saturated heterocycles. The minimum absolute atomic E-state index is 0.293. The molecule has 0 aliphatic heterocycles. The number of aromatic nitrogens is 2. The lowest BCUT2D eigenvalue weighted by atomic mass is 10.2. The highest BCUT2D eigenvalue weighted by Gasteiger charge is 2.20. The maximum Gasteiger partial charge on any atom is 0.286 e. The van der Waals surface area contributed by atoms with Crippen molar-refractivity contribution in [2.75, 3.05) is 33.3 Å². The molecule has 0 fully saturated rings. The Bertz CT molecular complexity index is 1040. The fourth-order valence-electron chi connectivity index (χ4n) is 2.93. The molecule has 0 bridgehead atoms. The molecule has 27 heavy (non-hydrogen) atoms. The average Bonchev–Trinajstić information content (AvgIpc) is 2.66. The maximum atomic E-state index is 12.7. The van der Waals surface area contributed by atoms with Crippen LogP contribution >= 0.6 is 15.9 Å². The van der Waals surface area contributed by atoms with Crippen molar-refractivity contribution < 1.29 is 14.2 Å². The Kier molecular flexibility index (Phi) is 5.55. The highest BCUT2D eigenvalue weighted by Crippen LogP contribution is 2.41. The summed E-state index contributed by atoms with van der Waals surface area (Å²) in [4.78, 5) is 22.0. The number of halogens is 1. The van der Waals surface area contributed by atoms with Crippen LogP contribution in [0, 0.1) is 0 Å². The molecule has 0 aliphatic rings. The van der Waals surface area contributed by atoms with Gasteiger partial charge in [0.25, 0.3) is 5.56 Å². The zero-order chi connectivity index (χ0) is 19.6. The minimum Gasteiger partial charge on any atom is -0.493 e. The number of anilines is 1. The Labute approximate surface area is 165 Å². The van der Waals surface area contributed by atoms with Gasteiger partial charge in [-0.05, 0) is 17.7 Å². The Hall–Kier alpha value is -2.74. The number of fused-ring (bicyclic) bond motifs is 1. The van der Waals surface area contributed by atoms with Gasteiger partial charge in [0.1, 0.15) is 5.39 Å². The van der Waals surface area contributed by atoms with E-state index in [9.17, 15) is 4.79 Å². The van der Waals surface area contributed by atoms with Gasteiger partial charge < -0.3 is 24.1 Å². The quantitative estimate of drug-likeness (QED) is 0.642. The Morgan fingerprint density at radius 2 is 1.85 bits per heavy atom. The SMILES string of the molecule is COc1cc2[nH]c(N(C)Cc3cccc(Br)c3)nc(=O)c2c(OC)c1OC. The van der Waals surface area contributed by atoms with Crippen LogP contribution in [0.15, 0.2) is 39.6 Å². The lowest BCUT2D eigenvalue weighted by Crippen LogP contribution is -2.23. The van der Waals surface area contributed by atoms with Crippen LogP contribution in [0.1, 0.15) is 5.56 Å². The molecule has 8 heteroatoms. The van der Waals surface area contributed by atoms with E-state index in [0.717, 1.165) is 10.0 Å². The predicted molar refractivity (Wildman–Crippen MR) is 108 cm³/mol. The largest absolute Gasteiger partial charge is 0.493 e. The van der Waals surface area contributed by atoms with Crippen molar-refractivity contribution in [3.63, 3.8) is 0 Å². The highest BCUT2D eigenvalue weighted by molar-refractivity contribution is 9.10. The third-order valence-corrected chi connectivity index (χ3v) is 4.66. The van der Waals surface area contributed by atoms with Gasteiger partial charge in [-0.3, -0.25) is 4.79 Å². The zero-order valence-electron chi connectivity index (χ0n) is 15.5. The highest BCUT2D eigenvalue weighted by atomic mass is 79.9. The fraction of sp³-hybridized carbons (Fsp3) is 0.263. The summed E-state index contributed by atoms with van der Waals surface area (Å²) >= 11 is 3.47. The van der Waals surface area contributed by atoms with Crippen molar-refractivity contribution in [1.82, 2.24) is 9.97 Å². The smallest absolute Gasteiger partial charge is 0.286 e. The second-order valence-electron chi connectivity index (χ2n) is 5.92. The summed E-state index contributed by atoms with van der Waals surface area (Å²) in [7, 11) is 6.36. The molecule has 7 nitrogen and oxygen atoms in total. The molecule has 0 amide bonds. The summed E-state index contributed by atoms with van der Waals surface area (Å²) in [6.07, 6.45) is 0. The number of hydrogen-bond donors (Lipinski definition) is 1. The molecule has 0 aliphatic carbocycles. The topological polar surface area (TPSA) is 76.7 Å². The summed E-state index contributed by atoms with van der Waals surface area (Å²) in [5.41, 5.74) is 1.23. The Balaban J connectivity index is 2.09. The summed E-state index contributed by atoms with van der Waals surface area (Å²) in [6, 6.07) is 9.66. The van der Waals surface area contributed by atoms with E-state index in [4.69, 9.17) is 14.2 Å². The van der Waals surface area contributed by atoms with Gasteiger partial charge >= 0.3 is 0 Å². The molecule has 0 spiro atoms. The van der Waals surface area contributed by atoms with Crippen molar-refractivity contribution in [2.24, 2.45) is 0 Å². The lowest BCUT2D eigenvalue weighted by molar-refractivity contribution is 0.327. The minimum atomic E-state index is -0.405. The van der Waals surface area contributed by atoms with E-state index in [1.165, 1.54) is 21.3 Å². The standard InChI is InChI=1S/C19H20BrN3O4/c1-23(10-11-6-5-7-12(20)8-11)19-21-13-9-14(25-2)16(26-3)17(27-4)15(13)18(24)22-19/h5-9H,10H2,1-4H3,(H,21,22,24). The van der Waals surface area contributed by atoms with E-state index in [-0.39, 0.29) is 0 Å². The molecule has 1 N–H and O–H groups in total. The molecule has 2 aromatic carbocycles. The number of nitrogens with zero attached hydrogens (tertiary/aromatic N) is 2. The number of ether oxygens (including phenoxy) is 3. The second-order valence-corrected chi connectivity index (χ2v) is 6.84. The molecule has 3 rings (SSSR count). The number of aromatic amines is 1. The van der Waals surface area contributed by atoms with Crippen LogP contribution in [0.5, 0.6) is 17.2 Å². The van der Waals surface area contributed by atoms with Crippen molar-refractivity contribution >= 4 is 32.8 Å². The van der Waals surface area contributed by atoms with Crippen molar-refractivity contribution in [3.05, 3.63) is 50.7 Å². The third-order valence-electron chi connectivity index (χ3n) is 4.17. The van der Waals surface area contributed by atoms with Gasteiger partial charge in [0.15, 0.2) is 11.5 Å². The first kappa shape index (κ1) is 19.0. The monoisotopic (exact) mass is 433 g/mol. The van der Waals surface area contributed by atoms with Crippen LogP contribution in [-0.4, -0.2) is 38.3 Å². The predicted octanol–water partition coefficient (Wildman–Crippen LogP) is 3.35. The lowest BCUT2D eigenvalue weighted by Gasteiger charge is -2.19. The number of benzene rings is 2. The van der Waals surface area contributed by atoms with Gasteiger partial charge in [0, 0.05) is 24.1 Å². The van der Waals surface area contributed by atoms with Crippen molar-refractivity contribution in [3.8, 4) is 17.2 Å². The fourth-order valence-corrected chi connectivity index (χ4v) is 3.38. The summed E-state index contributed by atoms with van der Waals surface area (Å²) in [5, 5.41) is 0.315. The molecular weight excluding hydrogens is 414 g/mol. The zero-order valence-corrected chi connectivity index (χ0v) is 17.1. The van der Waals surface area contributed by atoms with Crippen LogP contribution in [-0.2, 0) is 6.54 Å². The van der Waals surface area contributed by atoms with Crippen LogP contribution < -0.4 is 24.7 Å². The van der Waals surface area contributed by atoms with Gasteiger partial charge in [0.05, 0.1) is 26.8 Å². The number of hydrogen-bond acceptors (Lipinski definition) is 6. The Morgan fingerprint density at radius 1 is 1.11 bits per heavy atom. The molecule has 1 aromatic heterocycles. The second kappa shape index (κ2) is 7.87. The van der Waals surface area contributed by atoms with Crippen LogP contribution in [0.2, 0.25) is 0 Å². The van der Waals surface area contributed by atoms with Crippen molar-refractivity contribution in [2.45, 2.75) is 6.54 Å². The van der Waals surface area contributed by atoms with Gasteiger partial charge in [-0.1, -0.05) is 28.1 Å². The number of methoxy groups -OCH3 is 3. The molecule has 3 aromatic rings. The number of H-pyrrole nitrogens is 1. The third kappa shape index (κ3) is 3.71. The van der Waals surface area contributed by atoms with Gasteiger partial charge in [-0.25, -0.2) is 0 Å². The van der Waals surface area contributed by atoms with Gasteiger partial charge in [-0.2, -0.15) is 4.98 Å². The molecule has 0 atom stereocenters. The maximum absolute atomic E-state index is 12.7. The van der Waals surface area contributed by atoms with Crippen LogP contribution in [0.3, 0.4) is 0 Å². The first-order valence-electron chi connectivity index (χ1n) is 8.17. The van der Waals surface area contributed by atoms with E-state index >= 15 is 0 Å². The molecule has 142 valence electrons. The van der Waals surface area contributed by atoms with E-state index < -0.39 is 5.56 Å². The average molecular weight is 434 g/mol. The number of rotatable bonds is 6. The Morgan fingerprint density at radius 3 is 2.48 bits per heavy atom. The van der Waals surface area contributed by atoms with Crippen molar-refractivity contribution in [1.29, 1.82) is 0 Å². The van der Waals surface area contributed by atoms with Gasteiger partial charge in [0.2, 0.25) is 11.7 Å². The first-order chi connectivity index (χ1) is 13.0.